The molecule has 0 atom stereocenters. The molecule has 3 aromatic heterocycles. The van der Waals surface area contributed by atoms with Crippen molar-refractivity contribution in [3.63, 3.8) is 0 Å². The zero-order valence-electron chi connectivity index (χ0n) is 13.8. The quantitative estimate of drug-likeness (QED) is 0.550. The van der Waals surface area contributed by atoms with Crippen LogP contribution in [0.25, 0.3) is 16.2 Å². The predicted octanol–water partition coefficient (Wildman–Crippen LogP) is 3.51. The Bertz CT molecular complexity index is 968. The monoisotopic (exact) mass is 385 g/mol. The van der Waals surface area contributed by atoms with Crippen LogP contribution in [0.15, 0.2) is 55.0 Å². The summed E-state index contributed by atoms with van der Waals surface area (Å²) in [5, 5.41) is 15.5. The van der Waals surface area contributed by atoms with Crippen LogP contribution in [0, 0.1) is 0 Å². The number of pyridine rings is 1. The van der Waals surface area contributed by atoms with Gasteiger partial charge in [-0.15, -0.1) is 5.10 Å². The fourth-order valence-electron chi connectivity index (χ4n) is 2.65. The zero-order chi connectivity index (χ0) is 17.9. The Balaban J connectivity index is 1.61. The van der Waals surface area contributed by atoms with Crippen LogP contribution in [0.5, 0.6) is 0 Å². The number of imidazole rings is 1. The van der Waals surface area contributed by atoms with Crippen LogP contribution in [0.1, 0.15) is 5.56 Å². The van der Waals surface area contributed by atoms with Crippen molar-refractivity contribution < 1.29 is 5.11 Å². The average Bonchev–Trinajstić information content (AvgIpc) is 3.22. The minimum atomic E-state index is 0.0538. The van der Waals surface area contributed by atoms with Crippen molar-refractivity contribution in [2.45, 2.75) is 6.54 Å². The van der Waals surface area contributed by atoms with E-state index >= 15 is 0 Å². The van der Waals surface area contributed by atoms with E-state index in [0.717, 1.165) is 26.9 Å². The molecule has 0 aliphatic carbocycles. The summed E-state index contributed by atoms with van der Waals surface area (Å²) in [7, 11) is 0. The SMILES string of the molecule is OCCN(Cc1cccnc1)c1nn2cc(-c3ccc(Cl)cc3)nc2s1. The number of aliphatic hydroxyl groups is 1. The van der Waals surface area contributed by atoms with Crippen LogP contribution in [0.3, 0.4) is 0 Å². The van der Waals surface area contributed by atoms with E-state index in [1.54, 1.807) is 10.7 Å². The number of halogens is 1. The van der Waals surface area contributed by atoms with Crippen LogP contribution in [-0.4, -0.2) is 37.8 Å². The third-order valence-electron chi connectivity index (χ3n) is 3.91. The van der Waals surface area contributed by atoms with Crippen LogP contribution in [0.4, 0.5) is 5.13 Å². The highest BCUT2D eigenvalue weighted by atomic mass is 35.5. The van der Waals surface area contributed by atoms with Gasteiger partial charge >= 0.3 is 0 Å². The Labute approximate surface area is 159 Å². The minimum Gasteiger partial charge on any atom is -0.395 e. The number of fused-ring (bicyclic) bond motifs is 1. The van der Waals surface area contributed by atoms with Gasteiger partial charge in [0.25, 0.3) is 0 Å². The Morgan fingerprint density at radius 2 is 2.04 bits per heavy atom. The number of anilines is 1. The van der Waals surface area contributed by atoms with Gasteiger partial charge in [0, 0.05) is 36.1 Å². The molecule has 0 unspecified atom stereocenters. The summed E-state index contributed by atoms with van der Waals surface area (Å²) in [5.41, 5.74) is 2.92. The van der Waals surface area contributed by atoms with Crippen molar-refractivity contribution in [2.24, 2.45) is 0 Å². The van der Waals surface area contributed by atoms with Crippen molar-refractivity contribution in [1.82, 2.24) is 19.6 Å². The second-order valence-electron chi connectivity index (χ2n) is 5.75. The predicted molar refractivity (Wildman–Crippen MR) is 104 cm³/mol. The summed E-state index contributed by atoms with van der Waals surface area (Å²) in [5.74, 6) is 0. The maximum Gasteiger partial charge on any atom is 0.214 e. The summed E-state index contributed by atoms with van der Waals surface area (Å²) in [6.45, 7) is 1.18. The van der Waals surface area contributed by atoms with Crippen molar-refractivity contribution in [2.75, 3.05) is 18.1 Å². The second kappa shape index (κ2) is 7.41. The first-order valence-electron chi connectivity index (χ1n) is 8.10. The fraction of sp³-hybridized carbons (Fsp3) is 0.167. The minimum absolute atomic E-state index is 0.0538. The highest BCUT2D eigenvalue weighted by Crippen LogP contribution is 2.28. The first-order chi connectivity index (χ1) is 12.7. The maximum absolute atomic E-state index is 9.40. The van der Waals surface area contributed by atoms with Gasteiger partial charge in [0.15, 0.2) is 0 Å². The van der Waals surface area contributed by atoms with Gasteiger partial charge < -0.3 is 10.0 Å². The number of nitrogens with zero attached hydrogens (tertiary/aromatic N) is 5. The molecule has 8 heteroatoms. The van der Waals surface area contributed by atoms with Gasteiger partial charge in [-0.1, -0.05) is 41.1 Å². The molecule has 0 amide bonds. The summed E-state index contributed by atoms with van der Waals surface area (Å²) in [6, 6.07) is 11.5. The molecule has 0 radical (unpaired) electrons. The molecule has 4 rings (SSSR count). The van der Waals surface area contributed by atoms with E-state index in [4.69, 9.17) is 11.6 Å². The van der Waals surface area contributed by atoms with Crippen LogP contribution >= 0.6 is 22.9 Å². The number of hydrogen-bond donors (Lipinski definition) is 1. The fourth-order valence-corrected chi connectivity index (χ4v) is 3.69. The van der Waals surface area contributed by atoms with E-state index in [1.165, 1.54) is 11.3 Å². The molecular formula is C18H16ClN5OS. The average molecular weight is 386 g/mol. The van der Waals surface area contributed by atoms with E-state index in [9.17, 15) is 5.11 Å². The van der Waals surface area contributed by atoms with Crippen molar-refractivity contribution in [3.8, 4) is 11.3 Å². The first kappa shape index (κ1) is 17.0. The molecule has 1 aromatic carbocycles. The number of aliphatic hydroxyl groups excluding tert-OH is 1. The summed E-state index contributed by atoms with van der Waals surface area (Å²) in [4.78, 5) is 11.6. The van der Waals surface area contributed by atoms with Crippen LogP contribution in [0.2, 0.25) is 5.02 Å². The van der Waals surface area contributed by atoms with Crippen molar-refractivity contribution >= 4 is 33.0 Å². The van der Waals surface area contributed by atoms with E-state index < -0.39 is 0 Å². The largest absolute Gasteiger partial charge is 0.395 e. The molecule has 6 nitrogen and oxygen atoms in total. The molecule has 3 heterocycles. The molecule has 0 spiro atoms. The van der Waals surface area contributed by atoms with Gasteiger partial charge in [-0.2, -0.15) is 0 Å². The lowest BCUT2D eigenvalue weighted by Gasteiger charge is -2.19. The maximum atomic E-state index is 9.40. The third-order valence-corrected chi connectivity index (χ3v) is 5.14. The van der Waals surface area contributed by atoms with Crippen molar-refractivity contribution in [3.05, 3.63) is 65.6 Å². The van der Waals surface area contributed by atoms with E-state index in [1.807, 2.05) is 53.7 Å². The normalized spacial score (nSPS) is 11.2. The van der Waals surface area contributed by atoms with E-state index in [0.29, 0.717) is 18.1 Å². The lowest BCUT2D eigenvalue weighted by Crippen LogP contribution is -2.26. The van der Waals surface area contributed by atoms with Crippen molar-refractivity contribution in [1.29, 1.82) is 0 Å². The molecule has 0 saturated carbocycles. The second-order valence-corrected chi connectivity index (χ2v) is 7.12. The lowest BCUT2D eigenvalue weighted by molar-refractivity contribution is 0.301. The molecule has 0 bridgehead atoms. The summed E-state index contributed by atoms with van der Waals surface area (Å²) < 4.78 is 1.78. The topological polar surface area (TPSA) is 66.5 Å². The molecular weight excluding hydrogens is 370 g/mol. The van der Waals surface area contributed by atoms with Gasteiger partial charge in [-0.3, -0.25) is 4.98 Å². The standard InChI is InChI=1S/C18H16ClN5OS/c19-15-5-3-14(4-6-15)16-12-24-17(21-16)26-18(22-24)23(8-9-25)11-13-2-1-7-20-10-13/h1-7,10,12,25H,8-9,11H2. The van der Waals surface area contributed by atoms with Gasteiger partial charge in [0.05, 0.1) is 18.5 Å². The Hall–Kier alpha value is -2.48. The molecule has 0 aliphatic rings. The molecule has 0 fully saturated rings. The lowest BCUT2D eigenvalue weighted by atomic mass is 10.2. The Kier molecular flexibility index (Phi) is 4.83. The van der Waals surface area contributed by atoms with E-state index in [-0.39, 0.29) is 6.61 Å². The zero-order valence-corrected chi connectivity index (χ0v) is 15.4. The number of hydrogen-bond acceptors (Lipinski definition) is 6. The Morgan fingerprint density at radius 3 is 2.73 bits per heavy atom. The third kappa shape index (κ3) is 3.55. The summed E-state index contributed by atoms with van der Waals surface area (Å²) >= 11 is 7.43. The highest BCUT2D eigenvalue weighted by Gasteiger charge is 2.15. The Morgan fingerprint density at radius 1 is 1.19 bits per heavy atom. The number of rotatable bonds is 6. The highest BCUT2D eigenvalue weighted by molar-refractivity contribution is 7.20. The first-order valence-corrected chi connectivity index (χ1v) is 9.29. The van der Waals surface area contributed by atoms with Gasteiger partial charge in [0.1, 0.15) is 0 Å². The van der Waals surface area contributed by atoms with E-state index in [2.05, 4.69) is 15.1 Å². The molecule has 1 N–H and O–H groups in total. The number of benzene rings is 1. The smallest absolute Gasteiger partial charge is 0.214 e. The number of aromatic nitrogens is 4. The summed E-state index contributed by atoms with van der Waals surface area (Å²) in [6.07, 6.45) is 5.47. The van der Waals surface area contributed by atoms with Gasteiger partial charge in [0.2, 0.25) is 10.1 Å². The molecule has 132 valence electrons. The van der Waals surface area contributed by atoms with Crippen LogP contribution in [-0.2, 0) is 6.54 Å². The van der Waals surface area contributed by atoms with Gasteiger partial charge in [-0.05, 0) is 23.8 Å². The molecule has 0 aliphatic heterocycles. The molecule has 4 aromatic rings. The molecule has 26 heavy (non-hydrogen) atoms. The molecule has 0 saturated heterocycles. The van der Waals surface area contributed by atoms with Crippen LogP contribution < -0.4 is 4.90 Å². The van der Waals surface area contributed by atoms with Gasteiger partial charge in [-0.25, -0.2) is 9.50 Å².